The molecule has 0 aromatic carbocycles. The molecule has 0 spiro atoms. The molecule has 0 rings (SSSR count). The molecule has 4 nitrogen and oxygen atoms in total. The van der Waals surface area contributed by atoms with Gasteiger partial charge in [0.05, 0.1) is 5.71 Å². The molecule has 0 aliphatic rings. The van der Waals surface area contributed by atoms with Gasteiger partial charge in [-0.3, -0.25) is 15.1 Å². The first-order valence-corrected chi connectivity index (χ1v) is 11.8. The summed E-state index contributed by atoms with van der Waals surface area (Å²) in [7, 11) is 0. The number of nitrogens with zero attached hydrogens (tertiary/aromatic N) is 2. The van der Waals surface area contributed by atoms with Gasteiger partial charge in [0, 0.05) is 17.9 Å². The predicted molar refractivity (Wildman–Crippen MR) is 119 cm³/mol. The van der Waals surface area contributed by atoms with E-state index in [2.05, 4.69) is 18.8 Å². The molecule has 0 aliphatic heterocycles. The molecule has 0 saturated heterocycles. The third-order valence-electron chi connectivity index (χ3n) is 5.39. The van der Waals surface area contributed by atoms with Crippen LogP contribution in [-0.2, 0) is 0 Å². The average Bonchev–Trinajstić information content (AvgIpc) is 2.65. The van der Waals surface area contributed by atoms with Gasteiger partial charge < -0.3 is 0 Å². The van der Waals surface area contributed by atoms with Crippen LogP contribution in [-0.4, -0.2) is 23.2 Å². The number of hydrogen-bond donors (Lipinski definition) is 0. The second kappa shape index (κ2) is 19.8. The predicted octanol–water partition coefficient (Wildman–Crippen LogP) is 7.76. The van der Waals surface area contributed by atoms with E-state index in [1.54, 1.807) is 0 Å². The molecule has 0 N–H and O–H groups in total. The van der Waals surface area contributed by atoms with E-state index in [9.17, 15) is 10.1 Å². The van der Waals surface area contributed by atoms with E-state index in [-0.39, 0.29) is 4.92 Å². The molecule has 0 heterocycles. The van der Waals surface area contributed by atoms with Crippen molar-refractivity contribution < 1.29 is 4.92 Å². The summed E-state index contributed by atoms with van der Waals surface area (Å²) in [6.45, 7) is 7.15. The highest BCUT2D eigenvalue weighted by Crippen LogP contribution is 2.14. The lowest BCUT2D eigenvalue weighted by Crippen LogP contribution is -2.29. The van der Waals surface area contributed by atoms with Crippen molar-refractivity contribution in [1.29, 1.82) is 0 Å². The Morgan fingerprint density at radius 1 is 0.741 bits per heavy atom. The van der Waals surface area contributed by atoms with Crippen molar-refractivity contribution in [3.8, 4) is 0 Å². The standard InChI is InChI=1S/C23H46N2O2/c1-4-7-9-11-13-14-15-16-18-20-22(23(6-3)25(26)27)24-21-19-17-12-10-8-5-2/h23H,4-21H2,1-3H3. The largest absolute Gasteiger partial charge is 0.287 e. The maximum absolute atomic E-state index is 11.4. The molecular formula is C23H46N2O2. The van der Waals surface area contributed by atoms with Crippen molar-refractivity contribution in [2.24, 2.45) is 4.99 Å². The van der Waals surface area contributed by atoms with E-state index < -0.39 is 6.04 Å². The van der Waals surface area contributed by atoms with E-state index in [4.69, 9.17) is 0 Å². The van der Waals surface area contributed by atoms with E-state index in [1.165, 1.54) is 83.5 Å². The third-order valence-corrected chi connectivity index (χ3v) is 5.39. The van der Waals surface area contributed by atoms with Gasteiger partial charge >= 0.3 is 0 Å². The van der Waals surface area contributed by atoms with Gasteiger partial charge in [0.25, 0.3) is 0 Å². The van der Waals surface area contributed by atoms with Crippen molar-refractivity contribution >= 4 is 5.71 Å². The first-order valence-electron chi connectivity index (χ1n) is 11.8. The Kier molecular flexibility index (Phi) is 19.1. The molecule has 0 aromatic heterocycles. The highest BCUT2D eigenvalue weighted by Gasteiger charge is 2.24. The lowest BCUT2D eigenvalue weighted by molar-refractivity contribution is -0.503. The lowest BCUT2D eigenvalue weighted by atomic mass is 10.0. The topological polar surface area (TPSA) is 55.5 Å². The zero-order valence-electron chi connectivity index (χ0n) is 18.5. The summed E-state index contributed by atoms with van der Waals surface area (Å²) in [6.07, 6.45) is 20.3. The Bertz CT molecular complexity index is 369. The highest BCUT2D eigenvalue weighted by molar-refractivity contribution is 5.88. The van der Waals surface area contributed by atoms with Crippen molar-refractivity contribution in [2.75, 3.05) is 6.54 Å². The first kappa shape index (κ1) is 26.1. The van der Waals surface area contributed by atoms with Crippen LogP contribution in [0.2, 0.25) is 0 Å². The molecule has 0 aromatic rings. The number of aliphatic imine (C=N–C) groups is 1. The maximum Gasteiger partial charge on any atom is 0.250 e. The van der Waals surface area contributed by atoms with Crippen LogP contribution in [0.25, 0.3) is 0 Å². The van der Waals surface area contributed by atoms with Gasteiger partial charge in [-0.2, -0.15) is 0 Å². The summed E-state index contributed by atoms with van der Waals surface area (Å²) in [5, 5.41) is 11.4. The van der Waals surface area contributed by atoms with E-state index in [1.807, 2.05) is 6.92 Å². The Hall–Kier alpha value is -0.930. The van der Waals surface area contributed by atoms with Crippen molar-refractivity contribution in [3.05, 3.63) is 10.1 Å². The fraction of sp³-hybridized carbons (Fsp3) is 0.957. The van der Waals surface area contributed by atoms with Gasteiger partial charge in [0.2, 0.25) is 6.04 Å². The van der Waals surface area contributed by atoms with Gasteiger partial charge in [0.15, 0.2) is 0 Å². The quantitative estimate of drug-likeness (QED) is 0.0934. The van der Waals surface area contributed by atoms with Crippen LogP contribution in [0, 0.1) is 10.1 Å². The van der Waals surface area contributed by atoms with Crippen LogP contribution < -0.4 is 0 Å². The SMILES string of the molecule is CCCCCCCCCCCC(=NCCCCCCCC)C(CC)[N+](=O)[O-]. The Morgan fingerprint density at radius 2 is 1.19 bits per heavy atom. The molecule has 0 bridgehead atoms. The number of unbranched alkanes of at least 4 members (excludes halogenated alkanes) is 13. The Labute approximate surface area is 168 Å². The van der Waals surface area contributed by atoms with E-state index in [0.717, 1.165) is 31.5 Å². The van der Waals surface area contributed by atoms with Crippen molar-refractivity contribution in [2.45, 2.75) is 136 Å². The fourth-order valence-electron chi connectivity index (χ4n) is 3.59. The molecule has 160 valence electrons. The monoisotopic (exact) mass is 382 g/mol. The summed E-state index contributed by atoms with van der Waals surface area (Å²) < 4.78 is 0. The zero-order valence-corrected chi connectivity index (χ0v) is 18.5. The molecule has 1 atom stereocenters. The number of rotatable bonds is 20. The number of nitro groups is 1. The fourth-order valence-corrected chi connectivity index (χ4v) is 3.59. The Morgan fingerprint density at radius 3 is 1.63 bits per heavy atom. The average molecular weight is 383 g/mol. The van der Waals surface area contributed by atoms with Crippen LogP contribution in [0.3, 0.4) is 0 Å². The minimum absolute atomic E-state index is 0.131. The summed E-state index contributed by atoms with van der Waals surface area (Å²) in [4.78, 5) is 15.9. The molecule has 0 amide bonds. The highest BCUT2D eigenvalue weighted by atomic mass is 16.6. The Balaban J connectivity index is 4.10. The summed E-state index contributed by atoms with van der Waals surface area (Å²) in [5.41, 5.74) is 0.846. The van der Waals surface area contributed by atoms with Gasteiger partial charge in [-0.15, -0.1) is 0 Å². The summed E-state index contributed by atoms with van der Waals surface area (Å²) in [6, 6.07) is -0.570. The second-order valence-electron chi connectivity index (χ2n) is 7.93. The second-order valence-corrected chi connectivity index (χ2v) is 7.93. The van der Waals surface area contributed by atoms with Gasteiger partial charge in [0.1, 0.15) is 0 Å². The van der Waals surface area contributed by atoms with Crippen molar-refractivity contribution in [3.63, 3.8) is 0 Å². The van der Waals surface area contributed by atoms with Crippen LogP contribution in [0.5, 0.6) is 0 Å². The van der Waals surface area contributed by atoms with Gasteiger partial charge in [-0.05, 0) is 19.3 Å². The van der Waals surface area contributed by atoms with Gasteiger partial charge in [-0.1, -0.05) is 104 Å². The van der Waals surface area contributed by atoms with Crippen LogP contribution in [0.15, 0.2) is 4.99 Å². The molecule has 27 heavy (non-hydrogen) atoms. The molecular weight excluding hydrogens is 336 g/mol. The molecule has 0 saturated carbocycles. The molecule has 4 heteroatoms. The lowest BCUT2D eigenvalue weighted by Gasteiger charge is -2.11. The molecule has 0 aliphatic carbocycles. The van der Waals surface area contributed by atoms with E-state index in [0.29, 0.717) is 6.42 Å². The molecule has 1 unspecified atom stereocenters. The smallest absolute Gasteiger partial charge is 0.250 e. The zero-order chi connectivity index (χ0) is 20.2. The van der Waals surface area contributed by atoms with Crippen LogP contribution in [0.4, 0.5) is 0 Å². The molecule has 0 fully saturated rings. The normalized spacial score (nSPS) is 13.1. The molecule has 0 radical (unpaired) electrons. The van der Waals surface area contributed by atoms with Crippen LogP contribution >= 0.6 is 0 Å². The number of hydrogen-bond acceptors (Lipinski definition) is 3. The first-order chi connectivity index (χ1) is 13.2. The summed E-state index contributed by atoms with van der Waals surface area (Å²) in [5.74, 6) is 0. The maximum atomic E-state index is 11.4. The third kappa shape index (κ3) is 15.8. The minimum Gasteiger partial charge on any atom is -0.287 e. The van der Waals surface area contributed by atoms with Crippen molar-refractivity contribution in [1.82, 2.24) is 0 Å². The summed E-state index contributed by atoms with van der Waals surface area (Å²) >= 11 is 0. The van der Waals surface area contributed by atoms with E-state index >= 15 is 0 Å². The minimum atomic E-state index is -0.570. The van der Waals surface area contributed by atoms with Gasteiger partial charge in [-0.25, -0.2) is 0 Å². The van der Waals surface area contributed by atoms with Crippen LogP contribution in [0.1, 0.15) is 130 Å².